The number of carbonyl (C=O) groups is 1. The van der Waals surface area contributed by atoms with Crippen LogP contribution in [0.2, 0.25) is 0 Å². The fraction of sp³-hybridized carbons (Fsp3) is 0.500. The minimum Gasteiger partial charge on any atom is -0.462 e. The predicted molar refractivity (Wildman–Crippen MR) is 56.6 cm³/mol. The van der Waals surface area contributed by atoms with Gasteiger partial charge in [0.1, 0.15) is 9.26 Å². The lowest BCUT2D eigenvalue weighted by Crippen LogP contribution is -2.04. The van der Waals surface area contributed by atoms with Crippen LogP contribution >= 0.6 is 22.6 Å². The first kappa shape index (κ1) is 10.5. The lowest BCUT2D eigenvalue weighted by molar-refractivity contribution is 0.0525. The molecule has 1 aromatic rings. The molecule has 0 N–H and O–H groups in total. The molecule has 0 aliphatic carbocycles. The zero-order chi connectivity index (χ0) is 9.84. The van der Waals surface area contributed by atoms with Crippen LogP contribution in [-0.4, -0.2) is 22.4 Å². The smallest absolute Gasteiger partial charge is 0.342 e. The van der Waals surface area contributed by atoms with Gasteiger partial charge in [-0.1, -0.05) is 0 Å². The molecule has 4 nitrogen and oxygen atoms in total. The summed E-state index contributed by atoms with van der Waals surface area (Å²) >= 11 is 2.03. The SMILES string of the molecule is CCOC(=O)c1cn(CC)nc1I. The average molecular weight is 294 g/mol. The van der Waals surface area contributed by atoms with Crippen molar-refractivity contribution >= 4 is 28.6 Å². The van der Waals surface area contributed by atoms with Gasteiger partial charge in [-0.05, 0) is 36.4 Å². The van der Waals surface area contributed by atoms with E-state index in [1.165, 1.54) is 0 Å². The van der Waals surface area contributed by atoms with Crippen LogP contribution in [0.25, 0.3) is 0 Å². The molecule has 5 heteroatoms. The summed E-state index contributed by atoms with van der Waals surface area (Å²) in [6.45, 7) is 4.91. The van der Waals surface area contributed by atoms with Crippen molar-refractivity contribution < 1.29 is 9.53 Å². The van der Waals surface area contributed by atoms with Crippen LogP contribution in [0.4, 0.5) is 0 Å². The van der Waals surface area contributed by atoms with Crippen molar-refractivity contribution in [3.05, 3.63) is 15.5 Å². The molecular weight excluding hydrogens is 283 g/mol. The minimum absolute atomic E-state index is 0.299. The van der Waals surface area contributed by atoms with E-state index < -0.39 is 0 Å². The van der Waals surface area contributed by atoms with Gasteiger partial charge in [-0.3, -0.25) is 4.68 Å². The van der Waals surface area contributed by atoms with Gasteiger partial charge in [0.25, 0.3) is 0 Å². The topological polar surface area (TPSA) is 44.1 Å². The molecule has 0 fully saturated rings. The predicted octanol–water partition coefficient (Wildman–Crippen LogP) is 1.68. The Balaban J connectivity index is 2.87. The second kappa shape index (κ2) is 4.59. The summed E-state index contributed by atoms with van der Waals surface area (Å²) in [4.78, 5) is 11.3. The number of halogens is 1. The van der Waals surface area contributed by atoms with Crippen molar-refractivity contribution in [3.63, 3.8) is 0 Å². The minimum atomic E-state index is -0.299. The Hall–Kier alpha value is -0.590. The molecule has 1 rings (SSSR count). The molecule has 0 saturated heterocycles. The normalized spacial score (nSPS) is 10.1. The van der Waals surface area contributed by atoms with Gasteiger partial charge < -0.3 is 4.74 Å². The van der Waals surface area contributed by atoms with Gasteiger partial charge >= 0.3 is 5.97 Å². The fourth-order valence-corrected chi connectivity index (χ4v) is 1.54. The summed E-state index contributed by atoms with van der Waals surface area (Å²) in [6, 6.07) is 0. The van der Waals surface area contributed by atoms with E-state index >= 15 is 0 Å². The second-order valence-corrected chi connectivity index (χ2v) is 3.43. The lowest BCUT2D eigenvalue weighted by atomic mass is 10.4. The number of ether oxygens (including phenoxy) is 1. The number of aromatic nitrogens is 2. The van der Waals surface area contributed by atoms with Gasteiger partial charge in [0.2, 0.25) is 0 Å². The third-order valence-electron chi connectivity index (χ3n) is 1.54. The van der Waals surface area contributed by atoms with Gasteiger partial charge in [0, 0.05) is 12.7 Å². The van der Waals surface area contributed by atoms with Crippen LogP contribution in [-0.2, 0) is 11.3 Å². The highest BCUT2D eigenvalue weighted by Crippen LogP contribution is 2.11. The van der Waals surface area contributed by atoms with E-state index in [4.69, 9.17) is 4.74 Å². The number of hydrogen-bond donors (Lipinski definition) is 0. The summed E-state index contributed by atoms with van der Waals surface area (Å²) in [7, 11) is 0. The van der Waals surface area contributed by atoms with Gasteiger partial charge in [0.15, 0.2) is 0 Å². The fourth-order valence-electron chi connectivity index (χ4n) is 0.906. The molecule has 72 valence electrons. The van der Waals surface area contributed by atoms with E-state index in [2.05, 4.69) is 5.10 Å². The lowest BCUT2D eigenvalue weighted by Gasteiger charge is -1.97. The molecule has 0 atom stereocenters. The van der Waals surface area contributed by atoms with E-state index in [0.717, 1.165) is 6.54 Å². The summed E-state index contributed by atoms with van der Waals surface area (Å²) in [5, 5.41) is 4.13. The van der Waals surface area contributed by atoms with E-state index in [0.29, 0.717) is 15.9 Å². The number of esters is 1. The molecule has 0 amide bonds. The number of rotatable bonds is 3. The zero-order valence-corrected chi connectivity index (χ0v) is 9.74. The van der Waals surface area contributed by atoms with Crippen molar-refractivity contribution in [2.24, 2.45) is 0 Å². The summed E-state index contributed by atoms with van der Waals surface area (Å²) < 4.78 is 7.28. The number of hydrogen-bond acceptors (Lipinski definition) is 3. The van der Waals surface area contributed by atoms with E-state index in [9.17, 15) is 4.79 Å². The molecule has 1 aromatic heterocycles. The van der Waals surface area contributed by atoms with Crippen LogP contribution in [0.1, 0.15) is 24.2 Å². The summed E-state index contributed by atoms with van der Waals surface area (Å²) in [5.74, 6) is -0.299. The molecular formula is C8H11IN2O2. The standard InChI is InChI=1S/C8H11IN2O2/c1-3-11-5-6(7(9)10-11)8(12)13-4-2/h5H,3-4H2,1-2H3. The molecule has 0 aromatic carbocycles. The number of carbonyl (C=O) groups excluding carboxylic acids is 1. The molecule has 0 aliphatic rings. The Morgan fingerprint density at radius 3 is 2.85 bits per heavy atom. The first-order valence-corrected chi connectivity index (χ1v) is 5.17. The zero-order valence-electron chi connectivity index (χ0n) is 7.58. The van der Waals surface area contributed by atoms with Gasteiger partial charge in [-0.2, -0.15) is 5.10 Å². The van der Waals surface area contributed by atoms with Gasteiger partial charge in [-0.15, -0.1) is 0 Å². The maximum atomic E-state index is 11.3. The third-order valence-corrected chi connectivity index (χ3v) is 2.33. The maximum Gasteiger partial charge on any atom is 0.342 e. The maximum absolute atomic E-state index is 11.3. The first-order chi connectivity index (χ1) is 6.19. The highest BCUT2D eigenvalue weighted by molar-refractivity contribution is 14.1. The molecule has 0 saturated carbocycles. The van der Waals surface area contributed by atoms with Gasteiger partial charge in [-0.25, -0.2) is 4.79 Å². The van der Waals surface area contributed by atoms with Crippen molar-refractivity contribution in [2.75, 3.05) is 6.61 Å². The molecule has 0 radical (unpaired) electrons. The highest BCUT2D eigenvalue weighted by Gasteiger charge is 2.14. The first-order valence-electron chi connectivity index (χ1n) is 4.09. The van der Waals surface area contributed by atoms with E-state index in [1.807, 2.05) is 29.5 Å². The Morgan fingerprint density at radius 1 is 1.69 bits per heavy atom. The van der Waals surface area contributed by atoms with Crippen LogP contribution in [0.15, 0.2) is 6.20 Å². The van der Waals surface area contributed by atoms with Gasteiger partial charge in [0.05, 0.1) is 6.61 Å². The largest absolute Gasteiger partial charge is 0.462 e. The van der Waals surface area contributed by atoms with Crippen LogP contribution in [0.3, 0.4) is 0 Å². The van der Waals surface area contributed by atoms with E-state index in [1.54, 1.807) is 17.8 Å². The highest BCUT2D eigenvalue weighted by atomic mass is 127. The molecule has 1 heterocycles. The second-order valence-electron chi connectivity index (χ2n) is 2.41. The number of aryl methyl sites for hydroxylation is 1. The van der Waals surface area contributed by atoms with Crippen LogP contribution in [0, 0.1) is 3.70 Å². The quantitative estimate of drug-likeness (QED) is 0.629. The Kier molecular flexibility index (Phi) is 3.71. The monoisotopic (exact) mass is 294 g/mol. The molecule has 0 bridgehead atoms. The van der Waals surface area contributed by atoms with Crippen molar-refractivity contribution in [1.82, 2.24) is 9.78 Å². The van der Waals surface area contributed by atoms with Crippen molar-refractivity contribution in [3.8, 4) is 0 Å². The van der Waals surface area contributed by atoms with Crippen LogP contribution < -0.4 is 0 Å². The third kappa shape index (κ3) is 2.43. The number of nitrogens with zero attached hydrogens (tertiary/aromatic N) is 2. The van der Waals surface area contributed by atoms with E-state index in [-0.39, 0.29) is 5.97 Å². The Morgan fingerprint density at radius 2 is 2.38 bits per heavy atom. The average Bonchev–Trinajstić information content (AvgIpc) is 2.47. The van der Waals surface area contributed by atoms with Crippen molar-refractivity contribution in [2.45, 2.75) is 20.4 Å². The molecule has 0 spiro atoms. The molecule has 0 aliphatic heterocycles. The molecule has 13 heavy (non-hydrogen) atoms. The Bertz CT molecular complexity index is 309. The van der Waals surface area contributed by atoms with Crippen LogP contribution in [0.5, 0.6) is 0 Å². The summed E-state index contributed by atoms with van der Waals surface area (Å²) in [6.07, 6.45) is 1.71. The summed E-state index contributed by atoms with van der Waals surface area (Å²) in [5.41, 5.74) is 0.546. The molecule has 0 unspecified atom stereocenters. The van der Waals surface area contributed by atoms with Crippen molar-refractivity contribution in [1.29, 1.82) is 0 Å². The Labute approximate surface area is 90.4 Å².